The summed E-state index contributed by atoms with van der Waals surface area (Å²) in [5.41, 5.74) is 9.15. The van der Waals surface area contributed by atoms with E-state index >= 15 is 0 Å². The third kappa shape index (κ3) is 2.83. The van der Waals surface area contributed by atoms with Crippen molar-refractivity contribution >= 4 is 0 Å². The Morgan fingerprint density at radius 3 is 2.26 bits per heavy atom. The van der Waals surface area contributed by atoms with Gasteiger partial charge in [0.1, 0.15) is 0 Å². The van der Waals surface area contributed by atoms with Crippen LogP contribution >= 0.6 is 0 Å². The van der Waals surface area contributed by atoms with Gasteiger partial charge in [0, 0.05) is 31.8 Å². The van der Waals surface area contributed by atoms with Crippen LogP contribution in [0, 0.1) is 0 Å². The van der Waals surface area contributed by atoms with Crippen LogP contribution in [0.1, 0.15) is 25.0 Å². The molecule has 0 bridgehead atoms. The van der Waals surface area contributed by atoms with Crippen molar-refractivity contribution in [2.24, 2.45) is 5.73 Å². The molecular weight excluding hydrogens is 236 g/mol. The summed E-state index contributed by atoms with van der Waals surface area (Å²) in [6.07, 6.45) is 2.11. The Hall–Kier alpha value is -0.900. The third-order valence-electron chi connectivity index (χ3n) is 4.31. The zero-order chi connectivity index (χ0) is 13.9. The SMILES string of the molecule is COCCN(C(C)C)C1(CN)Cc2ccccc2C1. The minimum Gasteiger partial charge on any atom is -0.383 e. The van der Waals surface area contributed by atoms with Gasteiger partial charge in [-0.2, -0.15) is 0 Å². The van der Waals surface area contributed by atoms with Crippen molar-refractivity contribution in [2.45, 2.75) is 38.3 Å². The molecule has 0 spiro atoms. The van der Waals surface area contributed by atoms with Gasteiger partial charge in [-0.15, -0.1) is 0 Å². The van der Waals surface area contributed by atoms with Crippen LogP contribution in [0.5, 0.6) is 0 Å². The van der Waals surface area contributed by atoms with Crippen molar-refractivity contribution in [3.63, 3.8) is 0 Å². The summed E-state index contributed by atoms with van der Waals surface area (Å²) in [6.45, 7) is 6.89. The summed E-state index contributed by atoms with van der Waals surface area (Å²) >= 11 is 0. The zero-order valence-electron chi connectivity index (χ0n) is 12.4. The number of nitrogens with two attached hydrogens (primary N) is 1. The largest absolute Gasteiger partial charge is 0.383 e. The molecule has 1 aliphatic rings. The van der Waals surface area contributed by atoms with Crippen LogP contribution in [-0.4, -0.2) is 43.3 Å². The fraction of sp³-hybridized carbons (Fsp3) is 0.625. The average Bonchev–Trinajstić information content (AvgIpc) is 2.78. The van der Waals surface area contributed by atoms with Gasteiger partial charge in [0.15, 0.2) is 0 Å². The quantitative estimate of drug-likeness (QED) is 0.850. The van der Waals surface area contributed by atoms with Gasteiger partial charge in [-0.05, 0) is 37.8 Å². The third-order valence-corrected chi connectivity index (χ3v) is 4.31. The molecule has 19 heavy (non-hydrogen) atoms. The first kappa shape index (κ1) is 14.5. The number of fused-ring (bicyclic) bond motifs is 1. The van der Waals surface area contributed by atoms with E-state index < -0.39 is 0 Å². The topological polar surface area (TPSA) is 38.5 Å². The monoisotopic (exact) mass is 262 g/mol. The molecule has 1 aliphatic carbocycles. The minimum atomic E-state index is 0.0659. The molecule has 0 fully saturated rings. The van der Waals surface area contributed by atoms with E-state index in [-0.39, 0.29) is 5.54 Å². The Kier molecular flexibility index (Phi) is 4.61. The lowest BCUT2D eigenvalue weighted by Crippen LogP contribution is -2.58. The second-order valence-corrected chi connectivity index (χ2v) is 5.83. The zero-order valence-corrected chi connectivity index (χ0v) is 12.4. The molecule has 1 aromatic carbocycles. The summed E-state index contributed by atoms with van der Waals surface area (Å²) in [7, 11) is 1.76. The lowest BCUT2D eigenvalue weighted by Gasteiger charge is -2.43. The molecule has 3 heteroatoms. The highest BCUT2D eigenvalue weighted by Crippen LogP contribution is 2.35. The Morgan fingerprint density at radius 2 is 1.84 bits per heavy atom. The fourth-order valence-corrected chi connectivity index (χ4v) is 3.37. The summed E-state index contributed by atoms with van der Waals surface area (Å²) in [4.78, 5) is 2.52. The Bertz CT molecular complexity index is 392. The number of rotatable bonds is 6. The van der Waals surface area contributed by atoms with Crippen LogP contribution in [-0.2, 0) is 17.6 Å². The van der Waals surface area contributed by atoms with E-state index in [1.54, 1.807) is 7.11 Å². The summed E-state index contributed by atoms with van der Waals surface area (Å²) in [5, 5.41) is 0. The predicted octanol–water partition coefficient (Wildman–Crippen LogP) is 1.84. The molecule has 0 radical (unpaired) electrons. The van der Waals surface area contributed by atoms with Crippen molar-refractivity contribution in [2.75, 3.05) is 26.8 Å². The lowest BCUT2D eigenvalue weighted by atomic mass is 9.91. The van der Waals surface area contributed by atoms with Crippen LogP contribution in [0.4, 0.5) is 0 Å². The average molecular weight is 262 g/mol. The number of hydrogen-bond donors (Lipinski definition) is 1. The number of methoxy groups -OCH3 is 1. The number of benzene rings is 1. The maximum atomic E-state index is 6.18. The van der Waals surface area contributed by atoms with Gasteiger partial charge in [0.25, 0.3) is 0 Å². The van der Waals surface area contributed by atoms with E-state index in [0.717, 1.165) is 26.0 Å². The molecular formula is C16H26N2O. The minimum absolute atomic E-state index is 0.0659. The van der Waals surface area contributed by atoms with Gasteiger partial charge in [0.2, 0.25) is 0 Å². The molecule has 0 unspecified atom stereocenters. The molecule has 0 saturated heterocycles. The molecule has 2 N–H and O–H groups in total. The molecule has 0 aromatic heterocycles. The predicted molar refractivity (Wildman–Crippen MR) is 79.4 cm³/mol. The molecule has 106 valence electrons. The first-order valence-electron chi connectivity index (χ1n) is 7.15. The van der Waals surface area contributed by atoms with Gasteiger partial charge in [0.05, 0.1) is 6.61 Å². The highest BCUT2D eigenvalue weighted by Gasteiger charge is 2.41. The molecule has 3 nitrogen and oxygen atoms in total. The molecule has 0 amide bonds. The maximum Gasteiger partial charge on any atom is 0.0590 e. The van der Waals surface area contributed by atoms with E-state index in [1.807, 2.05) is 0 Å². The van der Waals surface area contributed by atoms with Gasteiger partial charge in [-0.25, -0.2) is 0 Å². The second kappa shape index (κ2) is 6.04. The van der Waals surface area contributed by atoms with Crippen LogP contribution in [0.25, 0.3) is 0 Å². The molecule has 0 saturated carbocycles. The molecule has 2 rings (SSSR count). The van der Waals surface area contributed by atoms with E-state index in [1.165, 1.54) is 11.1 Å². The normalized spacial score (nSPS) is 17.2. The van der Waals surface area contributed by atoms with Crippen LogP contribution in [0.15, 0.2) is 24.3 Å². The van der Waals surface area contributed by atoms with Gasteiger partial charge in [-0.3, -0.25) is 4.90 Å². The van der Waals surface area contributed by atoms with E-state index in [2.05, 4.69) is 43.0 Å². The van der Waals surface area contributed by atoms with E-state index in [9.17, 15) is 0 Å². The van der Waals surface area contributed by atoms with Crippen molar-refractivity contribution in [1.29, 1.82) is 0 Å². The molecule has 1 aromatic rings. The van der Waals surface area contributed by atoms with E-state index in [4.69, 9.17) is 10.5 Å². The summed E-state index contributed by atoms with van der Waals surface area (Å²) < 4.78 is 5.27. The summed E-state index contributed by atoms with van der Waals surface area (Å²) in [6, 6.07) is 9.21. The molecule has 0 atom stereocenters. The Morgan fingerprint density at radius 1 is 1.26 bits per heavy atom. The van der Waals surface area contributed by atoms with Crippen molar-refractivity contribution in [3.05, 3.63) is 35.4 Å². The van der Waals surface area contributed by atoms with Crippen LogP contribution < -0.4 is 5.73 Å². The standard InChI is InChI=1S/C16H26N2O/c1-13(2)18(8-9-19-3)16(12-17)10-14-6-4-5-7-15(14)11-16/h4-7,13H,8-12,17H2,1-3H3. The van der Waals surface area contributed by atoms with Gasteiger partial charge < -0.3 is 10.5 Å². The van der Waals surface area contributed by atoms with Gasteiger partial charge >= 0.3 is 0 Å². The maximum absolute atomic E-state index is 6.18. The molecule has 0 heterocycles. The Balaban J connectivity index is 2.23. The van der Waals surface area contributed by atoms with Crippen LogP contribution in [0.2, 0.25) is 0 Å². The van der Waals surface area contributed by atoms with Crippen LogP contribution in [0.3, 0.4) is 0 Å². The number of ether oxygens (including phenoxy) is 1. The van der Waals surface area contributed by atoms with E-state index in [0.29, 0.717) is 12.6 Å². The smallest absolute Gasteiger partial charge is 0.0590 e. The van der Waals surface area contributed by atoms with Crippen molar-refractivity contribution < 1.29 is 4.74 Å². The number of hydrogen-bond acceptors (Lipinski definition) is 3. The first-order chi connectivity index (χ1) is 9.13. The lowest BCUT2D eigenvalue weighted by molar-refractivity contribution is 0.0399. The highest BCUT2D eigenvalue weighted by molar-refractivity contribution is 5.36. The highest BCUT2D eigenvalue weighted by atomic mass is 16.5. The van der Waals surface area contributed by atoms with Crippen molar-refractivity contribution in [3.8, 4) is 0 Å². The summed E-state index contributed by atoms with van der Waals surface area (Å²) in [5.74, 6) is 0. The number of nitrogens with zero attached hydrogens (tertiary/aromatic N) is 1. The molecule has 0 aliphatic heterocycles. The van der Waals surface area contributed by atoms with Gasteiger partial charge in [-0.1, -0.05) is 24.3 Å². The Labute approximate surface area is 116 Å². The second-order valence-electron chi connectivity index (χ2n) is 5.83. The fourth-order valence-electron chi connectivity index (χ4n) is 3.37. The first-order valence-corrected chi connectivity index (χ1v) is 7.15. The van der Waals surface area contributed by atoms with Crippen molar-refractivity contribution in [1.82, 2.24) is 4.90 Å².